The van der Waals surface area contributed by atoms with Gasteiger partial charge in [0, 0.05) is 4.90 Å². The first-order valence-corrected chi connectivity index (χ1v) is 13.5. The third-order valence-electron chi connectivity index (χ3n) is 7.30. The van der Waals surface area contributed by atoms with Crippen LogP contribution in [0.5, 0.6) is 0 Å². The van der Waals surface area contributed by atoms with E-state index < -0.39 is 0 Å². The van der Waals surface area contributed by atoms with Gasteiger partial charge in [0.05, 0.1) is 0 Å². The van der Waals surface area contributed by atoms with Gasteiger partial charge in [-0.1, -0.05) is 89.5 Å². The van der Waals surface area contributed by atoms with Gasteiger partial charge < -0.3 is 0 Å². The fourth-order valence-electron chi connectivity index (χ4n) is 4.83. The Hall–Kier alpha value is -3.03. The van der Waals surface area contributed by atoms with E-state index in [-0.39, 0.29) is 0 Å². The van der Waals surface area contributed by atoms with Crippen molar-refractivity contribution in [1.29, 1.82) is 0 Å². The Bertz CT molecular complexity index is 1290. The van der Waals surface area contributed by atoms with Gasteiger partial charge in [-0.3, -0.25) is 0 Å². The molecule has 0 fully saturated rings. The summed E-state index contributed by atoms with van der Waals surface area (Å²) < 4.78 is 0. The van der Waals surface area contributed by atoms with Crippen molar-refractivity contribution in [2.45, 2.75) is 65.2 Å². The summed E-state index contributed by atoms with van der Waals surface area (Å²) in [7, 11) is 0. The van der Waals surface area contributed by atoms with E-state index in [0.29, 0.717) is 0 Å². The van der Waals surface area contributed by atoms with E-state index in [1.165, 1.54) is 60.9 Å². The van der Waals surface area contributed by atoms with E-state index in [4.69, 9.17) is 0 Å². The van der Waals surface area contributed by atoms with E-state index in [2.05, 4.69) is 132 Å². The third kappa shape index (κ3) is 6.59. The van der Waals surface area contributed by atoms with Crippen LogP contribution in [0.4, 0.5) is 0 Å². The molecule has 0 saturated heterocycles. The molecule has 0 spiro atoms. The van der Waals surface area contributed by atoms with Crippen LogP contribution in [0.25, 0.3) is 22.9 Å². The Kier molecular flexibility index (Phi) is 8.54. The number of hydrogen-bond acceptors (Lipinski definition) is 1. The quantitative estimate of drug-likeness (QED) is 0.233. The Morgan fingerprint density at radius 1 is 0.583 bits per heavy atom. The van der Waals surface area contributed by atoms with Crippen molar-refractivity contribution in [2.24, 2.45) is 0 Å². The van der Waals surface area contributed by atoms with Crippen LogP contribution in [0.2, 0.25) is 0 Å². The lowest BCUT2D eigenvalue weighted by atomic mass is 9.92. The van der Waals surface area contributed by atoms with Crippen LogP contribution < -0.4 is 0 Å². The maximum absolute atomic E-state index is 4.39. The third-order valence-corrected chi connectivity index (χ3v) is 7.60. The summed E-state index contributed by atoms with van der Waals surface area (Å²) in [4.78, 5) is 1.02. The van der Waals surface area contributed by atoms with Crippen LogP contribution in [-0.4, -0.2) is 0 Å². The van der Waals surface area contributed by atoms with E-state index in [9.17, 15) is 0 Å². The van der Waals surface area contributed by atoms with Gasteiger partial charge in [0.15, 0.2) is 0 Å². The monoisotopic (exact) mass is 490 g/mol. The fourth-order valence-corrected chi connectivity index (χ4v) is 4.98. The molecular formula is C35H38S. The molecule has 0 amide bonds. The zero-order chi connectivity index (χ0) is 25.7. The largest absolute Gasteiger partial charge is 0.143 e. The molecule has 0 bridgehead atoms. The van der Waals surface area contributed by atoms with E-state index >= 15 is 0 Å². The van der Waals surface area contributed by atoms with Crippen LogP contribution >= 0.6 is 12.6 Å². The maximum Gasteiger partial charge on any atom is 0.00401 e. The number of allylic oxidation sites excluding steroid dienone is 2. The molecule has 0 saturated carbocycles. The molecule has 0 heterocycles. The predicted octanol–water partition coefficient (Wildman–Crippen LogP) is 10.1. The minimum absolute atomic E-state index is 1.02. The zero-order valence-corrected chi connectivity index (χ0v) is 23.3. The van der Waals surface area contributed by atoms with Gasteiger partial charge in [-0.2, -0.15) is 0 Å². The highest BCUT2D eigenvalue weighted by Gasteiger charge is 2.08. The molecule has 0 unspecified atom stereocenters. The van der Waals surface area contributed by atoms with Crippen LogP contribution in [0.3, 0.4) is 0 Å². The number of fused-ring (bicyclic) bond motifs is 1. The molecular weight excluding hydrogens is 452 g/mol. The number of rotatable bonds is 8. The molecule has 36 heavy (non-hydrogen) atoms. The molecule has 0 aliphatic rings. The van der Waals surface area contributed by atoms with Crippen molar-refractivity contribution >= 4 is 35.6 Å². The second-order valence-electron chi connectivity index (χ2n) is 10.3. The Morgan fingerprint density at radius 2 is 1.00 bits per heavy atom. The summed E-state index contributed by atoms with van der Waals surface area (Å²) in [5.74, 6) is 0. The van der Waals surface area contributed by atoms with Crippen LogP contribution in [0, 0.1) is 20.8 Å². The number of hydrogen-bond donors (Lipinski definition) is 1. The molecule has 4 aromatic rings. The van der Waals surface area contributed by atoms with Gasteiger partial charge >= 0.3 is 0 Å². The van der Waals surface area contributed by atoms with Gasteiger partial charge in [0.1, 0.15) is 0 Å². The summed E-state index contributed by atoms with van der Waals surface area (Å²) in [6.45, 7) is 11.2. The van der Waals surface area contributed by atoms with Gasteiger partial charge in [-0.05, 0) is 117 Å². The minimum Gasteiger partial charge on any atom is -0.143 e. The number of thiol groups is 1. The standard InChI is InChI=1S/C35H38S/c1-24-6-10-29(11-7-24)12-8-25(2)22-31-16-20-35-28(5)32(17-21-34(35)27(31)4)23-26(3)9-13-30-14-18-33(36)19-15-30/h6-7,10-11,14-23,36H,8-9,12-13H2,1-5H3/b25-22+,26-23+. The number of benzene rings is 4. The lowest BCUT2D eigenvalue weighted by Gasteiger charge is -2.13. The van der Waals surface area contributed by atoms with Gasteiger partial charge in [-0.25, -0.2) is 0 Å². The highest BCUT2D eigenvalue weighted by atomic mass is 32.1. The maximum atomic E-state index is 4.39. The van der Waals surface area contributed by atoms with E-state index in [1.807, 2.05) is 0 Å². The number of aryl methyl sites for hydroxylation is 5. The van der Waals surface area contributed by atoms with Gasteiger partial charge in [-0.15, -0.1) is 12.6 Å². The zero-order valence-electron chi connectivity index (χ0n) is 22.4. The second kappa shape index (κ2) is 11.8. The average molecular weight is 491 g/mol. The molecule has 0 aliphatic heterocycles. The van der Waals surface area contributed by atoms with Crippen molar-refractivity contribution in [3.8, 4) is 0 Å². The first-order valence-electron chi connectivity index (χ1n) is 13.0. The SMILES string of the molecule is C/C(=C\c1ccc2c(C)c(/C=C(\C)CCc3ccc(S)cc3)ccc2c1C)CCc1ccc(C)cc1. The summed E-state index contributed by atoms with van der Waals surface area (Å²) in [6, 6.07) is 26.6. The van der Waals surface area contributed by atoms with E-state index in [1.54, 1.807) is 0 Å². The van der Waals surface area contributed by atoms with Crippen LogP contribution in [-0.2, 0) is 12.8 Å². The lowest BCUT2D eigenvalue weighted by molar-refractivity contribution is 0.946. The summed E-state index contributed by atoms with van der Waals surface area (Å²) in [5.41, 5.74) is 12.3. The summed E-state index contributed by atoms with van der Waals surface area (Å²) >= 11 is 4.39. The van der Waals surface area contributed by atoms with Crippen molar-refractivity contribution in [1.82, 2.24) is 0 Å². The smallest absolute Gasteiger partial charge is 0.00401 e. The molecule has 0 aromatic heterocycles. The minimum atomic E-state index is 1.02. The van der Waals surface area contributed by atoms with Gasteiger partial charge in [0.2, 0.25) is 0 Å². The molecule has 0 radical (unpaired) electrons. The van der Waals surface area contributed by atoms with Crippen molar-refractivity contribution in [2.75, 3.05) is 0 Å². The first kappa shape index (κ1) is 26.0. The van der Waals surface area contributed by atoms with Crippen molar-refractivity contribution in [3.63, 3.8) is 0 Å². The molecule has 0 N–H and O–H groups in total. The Balaban J connectivity index is 1.49. The highest BCUT2D eigenvalue weighted by Crippen LogP contribution is 2.30. The topological polar surface area (TPSA) is 0 Å². The molecule has 0 nitrogen and oxygen atoms in total. The van der Waals surface area contributed by atoms with Crippen molar-refractivity contribution in [3.05, 3.63) is 123 Å². The Morgan fingerprint density at radius 3 is 1.44 bits per heavy atom. The van der Waals surface area contributed by atoms with Gasteiger partial charge in [0.25, 0.3) is 0 Å². The molecule has 4 aromatic carbocycles. The summed E-state index contributed by atoms with van der Waals surface area (Å²) in [5, 5.41) is 2.71. The molecule has 0 aliphatic carbocycles. The van der Waals surface area contributed by atoms with Crippen LogP contribution in [0.1, 0.15) is 65.6 Å². The Labute approximate surface area is 223 Å². The van der Waals surface area contributed by atoms with Crippen LogP contribution in [0.15, 0.2) is 88.8 Å². The predicted molar refractivity (Wildman–Crippen MR) is 162 cm³/mol. The second-order valence-corrected chi connectivity index (χ2v) is 10.8. The first-order chi connectivity index (χ1) is 17.3. The molecule has 1 heteroatoms. The molecule has 0 atom stereocenters. The summed E-state index contributed by atoms with van der Waals surface area (Å²) in [6.07, 6.45) is 9.02. The van der Waals surface area contributed by atoms with E-state index in [0.717, 1.165) is 30.6 Å². The molecule has 184 valence electrons. The average Bonchev–Trinajstić information content (AvgIpc) is 2.87. The highest BCUT2D eigenvalue weighted by molar-refractivity contribution is 7.80. The van der Waals surface area contributed by atoms with Crippen molar-refractivity contribution < 1.29 is 0 Å². The normalized spacial score (nSPS) is 12.4. The fraction of sp³-hybridized carbons (Fsp3) is 0.257. The lowest BCUT2D eigenvalue weighted by Crippen LogP contribution is -1.92. The molecule has 4 rings (SSSR count).